The van der Waals surface area contributed by atoms with Gasteiger partial charge < -0.3 is 5.32 Å². The normalized spacial score (nSPS) is 26.5. The van der Waals surface area contributed by atoms with Crippen molar-refractivity contribution in [1.82, 2.24) is 19.1 Å². The van der Waals surface area contributed by atoms with Gasteiger partial charge in [0.2, 0.25) is 5.13 Å². The number of hydrogen-bond donors (Lipinski definition) is 1. The van der Waals surface area contributed by atoms with E-state index in [1.165, 1.54) is 43.6 Å². The fraction of sp³-hybridized carbons (Fsp3) is 0.684. The molecule has 6 nitrogen and oxygen atoms in total. The molecule has 0 unspecified atom stereocenters. The van der Waals surface area contributed by atoms with Crippen molar-refractivity contribution in [3.63, 3.8) is 0 Å². The van der Waals surface area contributed by atoms with Gasteiger partial charge in [-0.25, -0.2) is 9.67 Å². The highest BCUT2D eigenvalue weighted by Crippen LogP contribution is 2.39. The summed E-state index contributed by atoms with van der Waals surface area (Å²) in [7, 11) is 0. The summed E-state index contributed by atoms with van der Waals surface area (Å²) < 4.78 is 6.28. The first kappa shape index (κ1) is 16.4. The first-order valence-electron chi connectivity index (χ1n) is 9.96. The Hall–Kier alpha value is -1.76. The van der Waals surface area contributed by atoms with E-state index in [9.17, 15) is 4.79 Å². The second-order valence-electron chi connectivity index (χ2n) is 8.05. The van der Waals surface area contributed by atoms with E-state index in [4.69, 9.17) is 0 Å². The van der Waals surface area contributed by atoms with Crippen molar-refractivity contribution >= 4 is 16.7 Å². The van der Waals surface area contributed by atoms with E-state index >= 15 is 0 Å². The largest absolute Gasteiger partial charge is 0.358 e. The van der Waals surface area contributed by atoms with E-state index in [1.54, 1.807) is 10.7 Å². The molecule has 0 atom stereocenters. The molecule has 2 aromatic heterocycles. The van der Waals surface area contributed by atoms with E-state index in [-0.39, 0.29) is 11.6 Å². The van der Waals surface area contributed by atoms with E-state index in [1.807, 2.05) is 6.07 Å². The topological polar surface area (TPSA) is 72.7 Å². The van der Waals surface area contributed by atoms with Crippen LogP contribution in [-0.2, 0) is 0 Å². The minimum absolute atomic E-state index is 0.0417. The Balaban J connectivity index is 1.20. The Kier molecular flexibility index (Phi) is 4.27. The molecule has 0 amide bonds. The van der Waals surface area contributed by atoms with Gasteiger partial charge in [-0.1, -0.05) is 6.42 Å². The molecule has 3 saturated carbocycles. The number of nitrogens with zero attached hydrogens (tertiary/aromatic N) is 4. The monoisotopic (exact) mass is 371 g/mol. The van der Waals surface area contributed by atoms with Crippen LogP contribution in [0.25, 0.3) is 0 Å². The Morgan fingerprint density at radius 3 is 2.50 bits per heavy atom. The van der Waals surface area contributed by atoms with Gasteiger partial charge in [0.25, 0.3) is 5.56 Å². The second kappa shape index (κ2) is 6.76. The average Bonchev–Trinajstić information content (AvgIpc) is 3.36. The van der Waals surface area contributed by atoms with Crippen LogP contribution in [0.3, 0.4) is 0 Å². The van der Waals surface area contributed by atoms with E-state index < -0.39 is 0 Å². The van der Waals surface area contributed by atoms with Gasteiger partial charge in [-0.3, -0.25) is 4.79 Å². The predicted molar refractivity (Wildman–Crippen MR) is 102 cm³/mol. The number of anilines is 1. The van der Waals surface area contributed by atoms with Crippen LogP contribution in [0.15, 0.2) is 16.9 Å². The van der Waals surface area contributed by atoms with Crippen LogP contribution in [0.2, 0.25) is 0 Å². The zero-order chi connectivity index (χ0) is 17.5. The van der Waals surface area contributed by atoms with E-state index in [0.29, 0.717) is 17.9 Å². The molecule has 5 rings (SSSR count). The van der Waals surface area contributed by atoms with Crippen molar-refractivity contribution in [3.05, 3.63) is 34.0 Å². The van der Waals surface area contributed by atoms with Gasteiger partial charge in [0.05, 0.1) is 11.7 Å². The molecule has 0 saturated heterocycles. The summed E-state index contributed by atoms with van der Waals surface area (Å²) in [6.45, 7) is 0. The zero-order valence-corrected chi connectivity index (χ0v) is 15.7. The van der Waals surface area contributed by atoms with Crippen LogP contribution in [0, 0.1) is 0 Å². The quantitative estimate of drug-likeness (QED) is 0.864. The first-order valence-corrected chi connectivity index (χ1v) is 10.7. The third-order valence-corrected chi connectivity index (χ3v) is 6.78. The molecule has 2 heterocycles. The predicted octanol–water partition coefficient (Wildman–Crippen LogP) is 3.84. The molecule has 0 bridgehead atoms. The van der Waals surface area contributed by atoms with Crippen molar-refractivity contribution in [1.29, 1.82) is 0 Å². The molecule has 0 radical (unpaired) electrons. The molecule has 1 N–H and O–H groups in total. The van der Waals surface area contributed by atoms with Crippen LogP contribution in [-0.4, -0.2) is 25.2 Å². The maximum Gasteiger partial charge on any atom is 0.267 e. The minimum Gasteiger partial charge on any atom is -0.358 e. The second-order valence-corrected chi connectivity index (χ2v) is 8.80. The third-order valence-electron chi connectivity index (χ3n) is 6.12. The highest BCUT2D eigenvalue weighted by molar-refractivity contribution is 7.09. The lowest BCUT2D eigenvalue weighted by atomic mass is 9.85. The lowest BCUT2D eigenvalue weighted by Gasteiger charge is -2.29. The van der Waals surface area contributed by atoms with Crippen molar-refractivity contribution in [2.45, 2.75) is 81.7 Å². The van der Waals surface area contributed by atoms with Gasteiger partial charge in [0, 0.05) is 35.5 Å². The molecular formula is C19H25N5OS. The van der Waals surface area contributed by atoms with Gasteiger partial charge in [0.15, 0.2) is 0 Å². The Labute approximate surface area is 157 Å². The van der Waals surface area contributed by atoms with E-state index in [0.717, 1.165) is 42.3 Å². The summed E-state index contributed by atoms with van der Waals surface area (Å²) in [5.41, 5.74) is 1.14. The summed E-state index contributed by atoms with van der Waals surface area (Å²) in [5, 5.41) is 9.20. The lowest BCUT2D eigenvalue weighted by Crippen LogP contribution is -2.33. The molecule has 3 aliphatic carbocycles. The summed E-state index contributed by atoms with van der Waals surface area (Å²) in [6.07, 6.45) is 10.3. The van der Waals surface area contributed by atoms with Crippen LogP contribution in [0.5, 0.6) is 0 Å². The Morgan fingerprint density at radius 2 is 1.81 bits per heavy atom. The van der Waals surface area contributed by atoms with Crippen LogP contribution >= 0.6 is 11.5 Å². The summed E-state index contributed by atoms with van der Waals surface area (Å²) in [6, 6.07) is 4.28. The number of aromatic nitrogens is 4. The molecule has 3 aliphatic rings. The third kappa shape index (κ3) is 3.29. The molecular weight excluding hydrogens is 346 g/mol. The van der Waals surface area contributed by atoms with Gasteiger partial charge >= 0.3 is 0 Å². The van der Waals surface area contributed by atoms with Crippen molar-refractivity contribution < 1.29 is 0 Å². The standard InChI is InChI=1S/C19H25N5OS/c25-17-11-10-16(12-4-5-12)22-24(17)15-8-6-14(7-9-15)20-19-21-18(23-26-19)13-2-1-3-13/h10-15H,1-9H2,(H,20,21,23). The highest BCUT2D eigenvalue weighted by atomic mass is 32.1. The van der Waals surface area contributed by atoms with Crippen molar-refractivity contribution in [3.8, 4) is 0 Å². The SMILES string of the molecule is O=c1ccc(C2CC2)nn1C1CCC(Nc2nc(C3CCC3)ns2)CC1. The molecule has 26 heavy (non-hydrogen) atoms. The van der Waals surface area contributed by atoms with Crippen LogP contribution in [0.4, 0.5) is 5.13 Å². The zero-order valence-electron chi connectivity index (χ0n) is 14.9. The van der Waals surface area contributed by atoms with Gasteiger partial charge in [-0.2, -0.15) is 9.47 Å². The number of rotatable bonds is 5. The summed E-state index contributed by atoms with van der Waals surface area (Å²) in [4.78, 5) is 16.9. The number of hydrogen-bond acceptors (Lipinski definition) is 6. The summed E-state index contributed by atoms with van der Waals surface area (Å²) >= 11 is 1.49. The van der Waals surface area contributed by atoms with E-state index in [2.05, 4.69) is 19.8 Å². The van der Waals surface area contributed by atoms with Crippen LogP contribution in [0.1, 0.15) is 87.2 Å². The maximum atomic E-state index is 12.3. The van der Waals surface area contributed by atoms with Gasteiger partial charge in [-0.15, -0.1) is 0 Å². The lowest BCUT2D eigenvalue weighted by molar-refractivity contribution is 0.301. The molecule has 0 aromatic carbocycles. The van der Waals surface area contributed by atoms with Crippen molar-refractivity contribution in [2.75, 3.05) is 5.32 Å². The Morgan fingerprint density at radius 1 is 1.00 bits per heavy atom. The number of nitrogens with one attached hydrogen (secondary N) is 1. The first-order chi connectivity index (χ1) is 12.8. The van der Waals surface area contributed by atoms with Gasteiger partial charge in [-0.05, 0) is 57.4 Å². The van der Waals surface area contributed by atoms with Gasteiger partial charge in [0.1, 0.15) is 5.82 Å². The fourth-order valence-electron chi connectivity index (χ4n) is 4.06. The molecule has 0 spiro atoms. The maximum absolute atomic E-state index is 12.3. The van der Waals surface area contributed by atoms with Crippen molar-refractivity contribution in [2.24, 2.45) is 0 Å². The highest BCUT2D eigenvalue weighted by Gasteiger charge is 2.29. The molecule has 7 heteroatoms. The smallest absolute Gasteiger partial charge is 0.267 e. The molecule has 3 fully saturated rings. The minimum atomic E-state index is 0.0417. The molecule has 0 aliphatic heterocycles. The summed E-state index contributed by atoms with van der Waals surface area (Å²) in [5.74, 6) is 2.21. The molecule has 138 valence electrons. The fourth-order valence-corrected chi connectivity index (χ4v) is 4.79. The average molecular weight is 372 g/mol. The van der Waals surface area contributed by atoms with Crippen LogP contribution < -0.4 is 10.9 Å². The Bertz CT molecular complexity index is 830. The molecule has 2 aromatic rings.